The van der Waals surface area contributed by atoms with Crippen LogP contribution in [0.15, 0.2) is 54.6 Å². The lowest BCUT2D eigenvalue weighted by Crippen LogP contribution is -2.71. The molecule has 1 N–H and O–H groups in total. The number of amides is 2. The molecule has 5 nitrogen and oxygen atoms in total. The summed E-state index contributed by atoms with van der Waals surface area (Å²) in [4.78, 5) is 29.7. The molecule has 3 atom stereocenters. The summed E-state index contributed by atoms with van der Waals surface area (Å²) in [6, 6.07) is 17.5. The van der Waals surface area contributed by atoms with E-state index in [1.54, 1.807) is 0 Å². The number of aliphatic hydroxyl groups excluding tert-OH is 1. The van der Waals surface area contributed by atoms with E-state index in [9.17, 15) is 14.7 Å². The zero-order valence-electron chi connectivity index (χ0n) is 15.7. The van der Waals surface area contributed by atoms with Crippen molar-refractivity contribution in [1.82, 2.24) is 4.90 Å². The van der Waals surface area contributed by atoms with Crippen LogP contribution in [0.1, 0.15) is 29.9 Å². The highest BCUT2D eigenvalue weighted by Gasteiger charge is 2.56. The maximum atomic E-state index is 13.2. The quantitative estimate of drug-likeness (QED) is 0.891. The molecule has 2 aliphatic heterocycles. The number of hydrogen-bond donors (Lipinski definition) is 1. The van der Waals surface area contributed by atoms with Gasteiger partial charge in [0.05, 0.1) is 25.1 Å². The van der Waals surface area contributed by atoms with Gasteiger partial charge in [-0.05, 0) is 30.0 Å². The van der Waals surface area contributed by atoms with E-state index in [1.807, 2.05) is 64.4 Å². The lowest BCUT2D eigenvalue weighted by atomic mass is 9.71. The Balaban J connectivity index is 1.46. The summed E-state index contributed by atoms with van der Waals surface area (Å²) in [5.74, 6) is 0.406. The molecule has 0 aromatic heterocycles. The highest BCUT2D eigenvalue weighted by molar-refractivity contribution is 5.97. The van der Waals surface area contributed by atoms with E-state index < -0.39 is 0 Å². The number of likely N-dealkylation sites (tertiary alicyclic amines) is 1. The van der Waals surface area contributed by atoms with Crippen LogP contribution in [0.5, 0.6) is 0 Å². The van der Waals surface area contributed by atoms with Gasteiger partial charge in [0.2, 0.25) is 11.8 Å². The van der Waals surface area contributed by atoms with Gasteiger partial charge in [0.15, 0.2) is 0 Å². The minimum absolute atomic E-state index is 0.0358. The molecule has 1 aliphatic carbocycles. The summed E-state index contributed by atoms with van der Waals surface area (Å²) in [7, 11) is 0. The Bertz CT molecular complexity index is 909. The molecule has 1 saturated carbocycles. The largest absolute Gasteiger partial charge is 0.394 e. The molecule has 5 heteroatoms. The molecule has 28 heavy (non-hydrogen) atoms. The van der Waals surface area contributed by atoms with Gasteiger partial charge < -0.3 is 14.9 Å². The third-order valence-corrected chi connectivity index (χ3v) is 6.37. The maximum absolute atomic E-state index is 13.2. The van der Waals surface area contributed by atoms with Crippen molar-refractivity contribution in [2.24, 2.45) is 5.92 Å². The van der Waals surface area contributed by atoms with E-state index in [1.165, 1.54) is 0 Å². The van der Waals surface area contributed by atoms with Gasteiger partial charge in [-0.1, -0.05) is 48.5 Å². The molecule has 1 saturated heterocycles. The second-order valence-electron chi connectivity index (χ2n) is 8.09. The zero-order valence-corrected chi connectivity index (χ0v) is 15.7. The average molecular weight is 376 g/mol. The van der Waals surface area contributed by atoms with Crippen LogP contribution in [-0.2, 0) is 16.0 Å². The van der Waals surface area contributed by atoms with Crippen LogP contribution >= 0.6 is 0 Å². The highest BCUT2D eigenvalue weighted by atomic mass is 16.3. The molecule has 0 radical (unpaired) electrons. The van der Waals surface area contributed by atoms with Crippen molar-refractivity contribution in [3.8, 4) is 0 Å². The van der Waals surface area contributed by atoms with Crippen LogP contribution < -0.4 is 4.90 Å². The van der Waals surface area contributed by atoms with E-state index in [0.29, 0.717) is 13.0 Å². The van der Waals surface area contributed by atoms with Crippen LogP contribution in [0.4, 0.5) is 5.69 Å². The molecular weight excluding hydrogens is 352 g/mol. The summed E-state index contributed by atoms with van der Waals surface area (Å²) < 4.78 is 0. The maximum Gasteiger partial charge on any atom is 0.231 e. The summed E-state index contributed by atoms with van der Waals surface area (Å²) in [5, 5.41) is 9.97. The number of aliphatic hydroxyl groups is 1. The summed E-state index contributed by atoms with van der Waals surface area (Å²) >= 11 is 0. The SMILES string of the molecule is O=C(Cc1ccccc1)N1C[C@H]2[C@@H](c3ccccc31)[C@@H](CO)N2C(=O)C1CC1. The molecule has 0 unspecified atom stereocenters. The molecule has 2 heterocycles. The van der Waals surface area contributed by atoms with E-state index in [4.69, 9.17) is 0 Å². The second kappa shape index (κ2) is 6.74. The van der Waals surface area contributed by atoms with Gasteiger partial charge in [0, 0.05) is 24.1 Å². The number of anilines is 1. The van der Waals surface area contributed by atoms with Crippen molar-refractivity contribution >= 4 is 17.5 Å². The Labute approximate surface area is 164 Å². The van der Waals surface area contributed by atoms with Gasteiger partial charge in [0.1, 0.15) is 0 Å². The van der Waals surface area contributed by atoms with Crippen molar-refractivity contribution in [2.75, 3.05) is 18.1 Å². The van der Waals surface area contributed by atoms with E-state index in [2.05, 4.69) is 0 Å². The van der Waals surface area contributed by atoms with E-state index in [0.717, 1.165) is 29.7 Å². The highest BCUT2D eigenvalue weighted by Crippen LogP contribution is 2.50. The van der Waals surface area contributed by atoms with Crippen molar-refractivity contribution in [3.63, 3.8) is 0 Å². The Morgan fingerprint density at radius 3 is 2.43 bits per heavy atom. The fourth-order valence-corrected chi connectivity index (χ4v) is 4.84. The molecule has 2 fully saturated rings. The monoisotopic (exact) mass is 376 g/mol. The Morgan fingerprint density at radius 1 is 1.00 bits per heavy atom. The second-order valence-corrected chi connectivity index (χ2v) is 8.09. The molecule has 144 valence electrons. The van der Waals surface area contributed by atoms with Crippen LogP contribution in [0, 0.1) is 5.92 Å². The predicted octanol–water partition coefficient (Wildman–Crippen LogP) is 2.34. The van der Waals surface area contributed by atoms with E-state index in [-0.39, 0.29) is 42.3 Å². The van der Waals surface area contributed by atoms with E-state index >= 15 is 0 Å². The summed E-state index contributed by atoms with van der Waals surface area (Å²) in [6.45, 7) is 0.466. The Morgan fingerprint density at radius 2 is 1.71 bits per heavy atom. The number of para-hydroxylation sites is 1. The minimum Gasteiger partial charge on any atom is -0.394 e. The first kappa shape index (κ1) is 17.4. The standard InChI is InChI=1S/C23H24N2O3/c26-14-20-22-17-8-4-5-9-18(17)24(21(27)12-15-6-2-1-3-7-15)13-19(22)25(20)23(28)16-10-11-16/h1-9,16,19-20,22,26H,10-14H2/t19-,20+,22+/m0/s1. The lowest BCUT2D eigenvalue weighted by molar-refractivity contribution is -0.152. The molecule has 0 bridgehead atoms. The molecule has 0 spiro atoms. The molecule has 2 aromatic carbocycles. The fraction of sp³-hybridized carbons (Fsp3) is 0.391. The number of fused-ring (bicyclic) bond motifs is 3. The van der Waals surface area contributed by atoms with Crippen LogP contribution in [0.25, 0.3) is 0 Å². The Hall–Kier alpha value is -2.66. The molecule has 2 aromatic rings. The average Bonchev–Trinajstić information content (AvgIpc) is 3.54. The topological polar surface area (TPSA) is 60.9 Å². The van der Waals surface area contributed by atoms with Crippen LogP contribution in [0.2, 0.25) is 0 Å². The Kier molecular flexibility index (Phi) is 4.20. The van der Waals surface area contributed by atoms with Crippen LogP contribution in [-0.4, -0.2) is 47.1 Å². The normalized spacial score (nSPS) is 25.5. The third kappa shape index (κ3) is 2.73. The number of nitrogens with zero attached hydrogens (tertiary/aromatic N) is 2. The third-order valence-electron chi connectivity index (χ3n) is 6.37. The van der Waals surface area contributed by atoms with Gasteiger partial charge >= 0.3 is 0 Å². The number of benzene rings is 2. The van der Waals surface area contributed by atoms with Crippen molar-refractivity contribution in [2.45, 2.75) is 37.3 Å². The van der Waals surface area contributed by atoms with Gasteiger partial charge in [-0.15, -0.1) is 0 Å². The summed E-state index contributed by atoms with van der Waals surface area (Å²) in [5.41, 5.74) is 2.97. The number of carbonyl (C=O) groups excluding carboxylic acids is 2. The first-order valence-corrected chi connectivity index (χ1v) is 10.1. The first-order chi connectivity index (χ1) is 13.7. The van der Waals surface area contributed by atoms with Crippen molar-refractivity contribution < 1.29 is 14.7 Å². The minimum atomic E-state index is -0.175. The van der Waals surface area contributed by atoms with Gasteiger partial charge in [-0.2, -0.15) is 0 Å². The summed E-state index contributed by atoms with van der Waals surface area (Å²) in [6.07, 6.45) is 2.22. The molecule has 3 aliphatic rings. The smallest absolute Gasteiger partial charge is 0.231 e. The fourth-order valence-electron chi connectivity index (χ4n) is 4.84. The molecule has 2 amide bonds. The van der Waals surface area contributed by atoms with Gasteiger partial charge in [-0.25, -0.2) is 0 Å². The van der Waals surface area contributed by atoms with Crippen molar-refractivity contribution in [3.05, 3.63) is 65.7 Å². The predicted molar refractivity (Wildman–Crippen MR) is 106 cm³/mol. The van der Waals surface area contributed by atoms with Crippen molar-refractivity contribution in [1.29, 1.82) is 0 Å². The zero-order chi connectivity index (χ0) is 19.3. The number of carbonyl (C=O) groups is 2. The lowest BCUT2D eigenvalue weighted by Gasteiger charge is -2.59. The van der Waals surface area contributed by atoms with Gasteiger partial charge in [0.25, 0.3) is 0 Å². The molecular formula is C23H24N2O3. The van der Waals surface area contributed by atoms with Crippen LogP contribution in [0.3, 0.4) is 0 Å². The van der Waals surface area contributed by atoms with Gasteiger partial charge in [-0.3, -0.25) is 9.59 Å². The number of rotatable bonds is 4. The first-order valence-electron chi connectivity index (χ1n) is 10.1. The molecule has 5 rings (SSSR count). The number of hydrogen-bond acceptors (Lipinski definition) is 3.